The zero-order valence-electron chi connectivity index (χ0n) is 15.7. The van der Waals surface area contributed by atoms with E-state index in [1.807, 2.05) is 40.6 Å². The number of nitrogens with one attached hydrogen (secondary N) is 2. The van der Waals surface area contributed by atoms with Gasteiger partial charge < -0.3 is 15.5 Å². The zero-order chi connectivity index (χ0) is 19.3. The number of aromatic nitrogens is 4. The van der Waals surface area contributed by atoms with Crippen molar-refractivity contribution in [3.63, 3.8) is 0 Å². The van der Waals surface area contributed by atoms with Crippen LogP contribution < -0.4 is 15.5 Å². The first kappa shape index (κ1) is 18.1. The molecule has 0 saturated carbocycles. The lowest BCUT2D eigenvalue weighted by Crippen LogP contribution is -2.44. The Balaban J connectivity index is 1.42. The zero-order valence-corrected chi connectivity index (χ0v) is 15.7. The van der Waals surface area contributed by atoms with Crippen molar-refractivity contribution in [2.75, 3.05) is 24.5 Å². The van der Waals surface area contributed by atoms with Crippen LogP contribution in [0.3, 0.4) is 0 Å². The second-order valence-electron chi connectivity index (χ2n) is 6.63. The molecule has 1 saturated heterocycles. The average molecular weight is 382 g/mol. The summed E-state index contributed by atoms with van der Waals surface area (Å²) in [4.78, 5) is 10.8. The second kappa shape index (κ2) is 8.20. The Morgan fingerprint density at radius 1 is 1.29 bits per heavy atom. The highest BCUT2D eigenvalue weighted by molar-refractivity contribution is 5.80. The van der Waals surface area contributed by atoms with Crippen molar-refractivity contribution in [3.8, 4) is 0 Å². The maximum absolute atomic E-state index is 14.0. The number of nitrogens with zero attached hydrogens (tertiary/aromatic N) is 6. The van der Waals surface area contributed by atoms with Gasteiger partial charge in [-0.25, -0.2) is 14.4 Å². The molecule has 0 aliphatic carbocycles. The summed E-state index contributed by atoms with van der Waals surface area (Å²) in [5.41, 5.74) is 0.800. The molecule has 1 aliphatic heterocycles. The summed E-state index contributed by atoms with van der Waals surface area (Å²) in [6, 6.07) is 8.99. The van der Waals surface area contributed by atoms with E-state index in [0.29, 0.717) is 24.9 Å². The van der Waals surface area contributed by atoms with E-state index >= 15 is 0 Å². The first-order chi connectivity index (χ1) is 13.7. The normalized spacial score (nSPS) is 17.3. The van der Waals surface area contributed by atoms with Crippen LogP contribution in [0.25, 0.3) is 5.65 Å². The van der Waals surface area contributed by atoms with Crippen LogP contribution in [0.4, 0.5) is 10.2 Å². The lowest BCUT2D eigenvalue weighted by Gasteiger charge is -2.19. The van der Waals surface area contributed by atoms with Crippen molar-refractivity contribution < 1.29 is 4.39 Å². The molecule has 3 aromatic heterocycles. The standard InChI is InChI=1S/C19H23FN8/c1-2-21-19(23-12-17-26-25-16-7-3-4-10-28(16)17)24-14-8-11-27(13-14)18-15(20)6-5-9-22-18/h3-7,9-10,14H,2,8,11-13H2,1H3,(H2,21,23,24). The van der Waals surface area contributed by atoms with Gasteiger partial charge in [-0.2, -0.15) is 0 Å². The van der Waals surface area contributed by atoms with Gasteiger partial charge in [-0.3, -0.25) is 4.40 Å². The monoisotopic (exact) mass is 382 g/mol. The number of aliphatic imine (C=N–C) groups is 1. The second-order valence-corrected chi connectivity index (χ2v) is 6.63. The van der Waals surface area contributed by atoms with Gasteiger partial charge in [0.1, 0.15) is 6.54 Å². The number of hydrogen-bond donors (Lipinski definition) is 2. The molecule has 1 atom stereocenters. The van der Waals surface area contributed by atoms with Crippen molar-refractivity contribution in [1.29, 1.82) is 0 Å². The molecule has 4 heterocycles. The number of anilines is 1. The highest BCUT2D eigenvalue weighted by Gasteiger charge is 2.26. The van der Waals surface area contributed by atoms with Gasteiger partial charge in [-0.05, 0) is 37.6 Å². The summed E-state index contributed by atoms with van der Waals surface area (Å²) in [5, 5.41) is 15.1. The van der Waals surface area contributed by atoms with E-state index in [1.165, 1.54) is 6.07 Å². The minimum Gasteiger partial charge on any atom is -0.357 e. The predicted octanol–water partition coefficient (Wildman–Crippen LogP) is 1.60. The molecule has 0 bridgehead atoms. The fourth-order valence-corrected chi connectivity index (χ4v) is 3.34. The SMILES string of the molecule is CCNC(=NCc1nnc2ccccn12)NC1CCN(c2ncccc2F)C1. The molecule has 1 aliphatic rings. The largest absolute Gasteiger partial charge is 0.357 e. The molecule has 1 fully saturated rings. The maximum Gasteiger partial charge on any atom is 0.191 e. The first-order valence-corrected chi connectivity index (χ1v) is 9.43. The summed E-state index contributed by atoms with van der Waals surface area (Å²) in [5.74, 6) is 1.60. The number of rotatable bonds is 5. The van der Waals surface area contributed by atoms with Crippen molar-refractivity contribution in [2.45, 2.75) is 25.9 Å². The lowest BCUT2D eigenvalue weighted by atomic mass is 10.3. The van der Waals surface area contributed by atoms with Crippen LogP contribution in [-0.4, -0.2) is 51.2 Å². The highest BCUT2D eigenvalue weighted by Crippen LogP contribution is 2.20. The van der Waals surface area contributed by atoms with E-state index in [9.17, 15) is 4.39 Å². The maximum atomic E-state index is 14.0. The van der Waals surface area contributed by atoms with Crippen LogP contribution in [0, 0.1) is 5.82 Å². The van der Waals surface area contributed by atoms with E-state index in [-0.39, 0.29) is 11.9 Å². The van der Waals surface area contributed by atoms with Crippen molar-refractivity contribution in [3.05, 3.63) is 54.4 Å². The average Bonchev–Trinajstić information content (AvgIpc) is 3.34. The van der Waals surface area contributed by atoms with Crippen LogP contribution in [0.15, 0.2) is 47.7 Å². The van der Waals surface area contributed by atoms with Gasteiger partial charge in [-0.15, -0.1) is 10.2 Å². The summed E-state index contributed by atoms with van der Waals surface area (Å²) in [7, 11) is 0. The van der Waals surface area contributed by atoms with E-state index in [1.54, 1.807) is 12.3 Å². The fraction of sp³-hybridized carbons (Fsp3) is 0.368. The Morgan fingerprint density at radius 2 is 2.21 bits per heavy atom. The predicted molar refractivity (Wildman–Crippen MR) is 106 cm³/mol. The van der Waals surface area contributed by atoms with Crippen molar-refractivity contribution in [1.82, 2.24) is 30.2 Å². The molecule has 1 unspecified atom stereocenters. The molecule has 0 spiro atoms. The topological polar surface area (TPSA) is 82.7 Å². The molecular weight excluding hydrogens is 359 g/mol. The molecule has 9 heteroatoms. The summed E-state index contributed by atoms with van der Waals surface area (Å²) in [6.45, 7) is 4.60. The molecule has 2 N–H and O–H groups in total. The summed E-state index contributed by atoms with van der Waals surface area (Å²) < 4.78 is 15.9. The van der Waals surface area contributed by atoms with Crippen LogP contribution >= 0.6 is 0 Å². The Bertz CT molecular complexity index is 969. The Morgan fingerprint density at radius 3 is 3.07 bits per heavy atom. The van der Waals surface area contributed by atoms with Crippen LogP contribution in [-0.2, 0) is 6.54 Å². The summed E-state index contributed by atoms with van der Waals surface area (Å²) in [6.07, 6.45) is 4.43. The lowest BCUT2D eigenvalue weighted by molar-refractivity contribution is 0.612. The van der Waals surface area contributed by atoms with E-state index in [0.717, 1.165) is 31.0 Å². The third-order valence-electron chi connectivity index (χ3n) is 4.67. The molecule has 3 aromatic rings. The van der Waals surface area contributed by atoms with Crippen molar-refractivity contribution in [2.24, 2.45) is 4.99 Å². The first-order valence-electron chi connectivity index (χ1n) is 9.43. The number of hydrogen-bond acceptors (Lipinski definition) is 5. The van der Waals surface area contributed by atoms with E-state index in [2.05, 4.69) is 30.8 Å². The molecule has 4 rings (SSSR count). The Labute approximate surface area is 162 Å². The third-order valence-corrected chi connectivity index (χ3v) is 4.67. The van der Waals surface area contributed by atoms with Gasteiger partial charge in [-0.1, -0.05) is 6.07 Å². The van der Waals surface area contributed by atoms with E-state index < -0.39 is 0 Å². The molecule has 0 radical (unpaired) electrons. The number of fused-ring (bicyclic) bond motifs is 1. The number of halogens is 1. The van der Waals surface area contributed by atoms with Gasteiger partial charge in [0.15, 0.2) is 29.1 Å². The van der Waals surface area contributed by atoms with Gasteiger partial charge in [0, 0.05) is 38.1 Å². The van der Waals surface area contributed by atoms with Crippen LogP contribution in [0.1, 0.15) is 19.2 Å². The van der Waals surface area contributed by atoms with Crippen molar-refractivity contribution >= 4 is 17.4 Å². The van der Waals surface area contributed by atoms with Gasteiger partial charge in [0.2, 0.25) is 0 Å². The molecule has 146 valence electrons. The van der Waals surface area contributed by atoms with Crippen LogP contribution in [0.2, 0.25) is 0 Å². The van der Waals surface area contributed by atoms with E-state index in [4.69, 9.17) is 0 Å². The molecule has 0 amide bonds. The quantitative estimate of drug-likeness (QED) is 0.515. The highest BCUT2D eigenvalue weighted by atomic mass is 19.1. The fourth-order valence-electron chi connectivity index (χ4n) is 3.34. The Kier molecular flexibility index (Phi) is 5.31. The van der Waals surface area contributed by atoms with Crippen LogP contribution in [0.5, 0.6) is 0 Å². The van der Waals surface area contributed by atoms with Gasteiger partial charge in [0.05, 0.1) is 0 Å². The van der Waals surface area contributed by atoms with Gasteiger partial charge in [0.25, 0.3) is 0 Å². The molecule has 0 aromatic carbocycles. The van der Waals surface area contributed by atoms with Gasteiger partial charge >= 0.3 is 0 Å². The minimum absolute atomic E-state index is 0.161. The molecule has 8 nitrogen and oxygen atoms in total. The third kappa shape index (κ3) is 3.88. The Hall–Kier alpha value is -3.23. The number of pyridine rings is 2. The molecule has 28 heavy (non-hydrogen) atoms. The summed E-state index contributed by atoms with van der Waals surface area (Å²) >= 11 is 0. The molecular formula is C19H23FN8. The number of guanidine groups is 1. The minimum atomic E-state index is -0.289. The smallest absolute Gasteiger partial charge is 0.191 e.